The lowest BCUT2D eigenvalue weighted by atomic mass is 9.84. The summed E-state index contributed by atoms with van der Waals surface area (Å²) in [6.07, 6.45) is 8.26. The third kappa shape index (κ3) is 6.12. The van der Waals surface area contributed by atoms with Crippen molar-refractivity contribution in [3.8, 4) is 0 Å². The molecule has 0 aliphatic heterocycles. The lowest BCUT2D eigenvalue weighted by Crippen LogP contribution is -2.55. The van der Waals surface area contributed by atoms with Crippen LogP contribution in [0.15, 0.2) is 22.8 Å². The molecule has 7 heteroatoms. The molecule has 0 bridgehead atoms. The van der Waals surface area contributed by atoms with Gasteiger partial charge in [0.15, 0.2) is 5.76 Å². The number of nitrogens with two attached hydrogens (primary N) is 1. The minimum atomic E-state index is -0.753. The maximum atomic E-state index is 12.9. The Balaban J connectivity index is 2.09. The Morgan fingerprint density at radius 1 is 1.22 bits per heavy atom. The molecule has 150 valence electrons. The predicted octanol–water partition coefficient (Wildman–Crippen LogP) is 2.36. The van der Waals surface area contributed by atoms with Gasteiger partial charge in [-0.15, -0.1) is 0 Å². The highest BCUT2D eigenvalue weighted by molar-refractivity contribution is 5.96. The van der Waals surface area contributed by atoms with Crippen molar-refractivity contribution in [3.05, 3.63) is 24.2 Å². The van der Waals surface area contributed by atoms with Crippen molar-refractivity contribution in [1.29, 1.82) is 0 Å². The fourth-order valence-electron chi connectivity index (χ4n) is 3.61. The Kier molecular flexibility index (Phi) is 7.88. The van der Waals surface area contributed by atoms with Crippen molar-refractivity contribution in [2.24, 2.45) is 17.6 Å². The van der Waals surface area contributed by atoms with Crippen LogP contribution in [0.1, 0.15) is 69.3 Å². The van der Waals surface area contributed by atoms with Gasteiger partial charge in [0.25, 0.3) is 5.91 Å². The van der Waals surface area contributed by atoms with E-state index in [-0.39, 0.29) is 17.6 Å². The van der Waals surface area contributed by atoms with Crippen LogP contribution in [0.25, 0.3) is 0 Å². The fourth-order valence-corrected chi connectivity index (χ4v) is 3.61. The SMILES string of the molecule is CC[C@H](C)[C@H](NC(=O)[C@H](CC1CCCCC1)NC(=O)c1ccco1)C(N)=O. The molecule has 27 heavy (non-hydrogen) atoms. The summed E-state index contributed by atoms with van der Waals surface area (Å²) >= 11 is 0. The normalized spacial score (nSPS) is 18.3. The molecule has 0 unspecified atom stereocenters. The Hall–Kier alpha value is -2.31. The van der Waals surface area contributed by atoms with Crippen LogP contribution < -0.4 is 16.4 Å². The summed E-state index contributed by atoms with van der Waals surface area (Å²) in [5.41, 5.74) is 5.47. The molecule has 1 heterocycles. The number of rotatable bonds is 9. The quantitative estimate of drug-likeness (QED) is 0.613. The van der Waals surface area contributed by atoms with E-state index in [1.807, 2.05) is 13.8 Å². The predicted molar refractivity (Wildman–Crippen MR) is 102 cm³/mol. The Morgan fingerprint density at radius 2 is 1.93 bits per heavy atom. The molecule has 7 nitrogen and oxygen atoms in total. The second kappa shape index (κ2) is 10.1. The topological polar surface area (TPSA) is 114 Å². The van der Waals surface area contributed by atoms with E-state index < -0.39 is 23.9 Å². The summed E-state index contributed by atoms with van der Waals surface area (Å²) in [4.78, 5) is 37.1. The van der Waals surface area contributed by atoms with E-state index in [2.05, 4.69) is 10.6 Å². The first kappa shape index (κ1) is 21.0. The summed E-state index contributed by atoms with van der Waals surface area (Å²) in [6, 6.07) is 1.70. The number of amides is 3. The summed E-state index contributed by atoms with van der Waals surface area (Å²) in [7, 11) is 0. The molecule has 1 aromatic heterocycles. The first-order valence-electron chi connectivity index (χ1n) is 9.86. The van der Waals surface area contributed by atoms with Gasteiger partial charge in [0.2, 0.25) is 11.8 Å². The summed E-state index contributed by atoms with van der Waals surface area (Å²) in [5, 5.41) is 5.52. The third-order valence-corrected chi connectivity index (χ3v) is 5.48. The second-order valence-electron chi connectivity index (χ2n) is 7.52. The average molecular weight is 377 g/mol. The molecule has 3 atom stereocenters. The van der Waals surface area contributed by atoms with E-state index in [1.165, 1.54) is 12.7 Å². The maximum absolute atomic E-state index is 12.9. The Labute approximate surface area is 160 Å². The van der Waals surface area contributed by atoms with E-state index in [9.17, 15) is 14.4 Å². The van der Waals surface area contributed by atoms with Crippen LogP contribution in [0.4, 0.5) is 0 Å². The van der Waals surface area contributed by atoms with Crippen LogP contribution in [0.2, 0.25) is 0 Å². The van der Waals surface area contributed by atoms with Crippen LogP contribution in [0.5, 0.6) is 0 Å². The highest BCUT2D eigenvalue weighted by Gasteiger charge is 2.31. The molecule has 1 aliphatic rings. The smallest absolute Gasteiger partial charge is 0.287 e. The van der Waals surface area contributed by atoms with E-state index in [0.29, 0.717) is 18.8 Å². The van der Waals surface area contributed by atoms with Gasteiger partial charge >= 0.3 is 0 Å². The third-order valence-electron chi connectivity index (χ3n) is 5.48. The molecule has 4 N–H and O–H groups in total. The molecule has 0 spiro atoms. The van der Waals surface area contributed by atoms with E-state index in [4.69, 9.17) is 10.2 Å². The van der Waals surface area contributed by atoms with Crippen LogP contribution in [-0.4, -0.2) is 29.8 Å². The number of primary amides is 1. The van der Waals surface area contributed by atoms with Crippen molar-refractivity contribution in [3.63, 3.8) is 0 Å². The Morgan fingerprint density at radius 3 is 2.48 bits per heavy atom. The molecule has 1 fully saturated rings. The molecule has 0 radical (unpaired) electrons. The molecule has 0 saturated heterocycles. The number of furan rings is 1. The standard InChI is InChI=1S/C20H31N3O4/c1-3-13(2)17(18(21)24)23-19(25)15(12-14-8-5-4-6-9-14)22-20(26)16-10-7-11-27-16/h7,10-11,13-15,17H,3-6,8-9,12H2,1-2H3,(H2,21,24)(H,22,26)(H,23,25)/t13-,15-,17-/m0/s1. The molecule has 1 aliphatic carbocycles. The van der Waals surface area contributed by atoms with E-state index in [1.54, 1.807) is 12.1 Å². The maximum Gasteiger partial charge on any atom is 0.287 e. The fraction of sp³-hybridized carbons (Fsp3) is 0.650. The van der Waals surface area contributed by atoms with Gasteiger partial charge in [0.1, 0.15) is 12.1 Å². The monoisotopic (exact) mass is 377 g/mol. The Bertz CT molecular complexity index is 623. The van der Waals surface area contributed by atoms with Gasteiger partial charge in [-0.05, 0) is 30.4 Å². The minimum absolute atomic E-state index is 0.0810. The van der Waals surface area contributed by atoms with Gasteiger partial charge < -0.3 is 20.8 Å². The van der Waals surface area contributed by atoms with Gasteiger partial charge in [-0.1, -0.05) is 52.4 Å². The molecule has 0 aromatic carbocycles. The van der Waals surface area contributed by atoms with Crippen LogP contribution in [0, 0.1) is 11.8 Å². The average Bonchev–Trinajstić information content (AvgIpc) is 3.20. The van der Waals surface area contributed by atoms with Gasteiger partial charge in [-0.2, -0.15) is 0 Å². The first-order valence-corrected chi connectivity index (χ1v) is 9.86. The van der Waals surface area contributed by atoms with E-state index in [0.717, 1.165) is 25.7 Å². The largest absolute Gasteiger partial charge is 0.459 e. The van der Waals surface area contributed by atoms with Crippen molar-refractivity contribution in [1.82, 2.24) is 10.6 Å². The molecular weight excluding hydrogens is 346 g/mol. The van der Waals surface area contributed by atoms with Gasteiger partial charge in [-0.3, -0.25) is 14.4 Å². The second-order valence-corrected chi connectivity index (χ2v) is 7.52. The lowest BCUT2D eigenvalue weighted by molar-refractivity contribution is -0.129. The highest BCUT2D eigenvalue weighted by Crippen LogP contribution is 2.27. The lowest BCUT2D eigenvalue weighted by Gasteiger charge is -2.28. The first-order chi connectivity index (χ1) is 12.9. The van der Waals surface area contributed by atoms with Crippen molar-refractivity contribution >= 4 is 17.7 Å². The zero-order valence-electron chi connectivity index (χ0n) is 16.2. The van der Waals surface area contributed by atoms with Crippen LogP contribution in [0.3, 0.4) is 0 Å². The van der Waals surface area contributed by atoms with Crippen molar-refractivity contribution in [2.45, 2.75) is 70.9 Å². The van der Waals surface area contributed by atoms with Gasteiger partial charge in [0, 0.05) is 0 Å². The summed E-state index contributed by atoms with van der Waals surface area (Å²) in [5.74, 6) is -0.916. The number of hydrogen-bond donors (Lipinski definition) is 3. The van der Waals surface area contributed by atoms with Gasteiger partial charge in [0.05, 0.1) is 6.26 Å². The number of carbonyl (C=O) groups is 3. The summed E-state index contributed by atoms with van der Waals surface area (Å²) < 4.78 is 5.12. The molecule has 2 rings (SSSR count). The number of nitrogens with one attached hydrogen (secondary N) is 2. The molecular formula is C20H31N3O4. The van der Waals surface area contributed by atoms with Crippen LogP contribution in [-0.2, 0) is 9.59 Å². The molecule has 1 saturated carbocycles. The minimum Gasteiger partial charge on any atom is -0.459 e. The summed E-state index contributed by atoms with van der Waals surface area (Å²) in [6.45, 7) is 3.80. The zero-order chi connectivity index (χ0) is 19.8. The zero-order valence-corrected chi connectivity index (χ0v) is 16.2. The van der Waals surface area contributed by atoms with Crippen molar-refractivity contribution in [2.75, 3.05) is 0 Å². The number of carbonyl (C=O) groups excluding carboxylic acids is 3. The van der Waals surface area contributed by atoms with Crippen molar-refractivity contribution < 1.29 is 18.8 Å². The van der Waals surface area contributed by atoms with Crippen LogP contribution >= 0.6 is 0 Å². The van der Waals surface area contributed by atoms with E-state index >= 15 is 0 Å². The molecule has 3 amide bonds. The van der Waals surface area contributed by atoms with Gasteiger partial charge in [-0.25, -0.2) is 0 Å². The number of hydrogen-bond acceptors (Lipinski definition) is 4. The molecule has 1 aromatic rings. The highest BCUT2D eigenvalue weighted by atomic mass is 16.3.